The molecule has 21 heavy (non-hydrogen) atoms. The average Bonchev–Trinajstić information content (AvgIpc) is 2.43. The average molecular weight is 292 g/mol. The standard InChI is InChI=1S/C16H24N2O3/c1-16(2)9-3-4-13(12-16)17-10-11-21-15-7-5-14(6-8-15)18(19)20/h5-8,13,17H,3-4,9-12H2,1-2H3. The third-order valence-corrected chi connectivity index (χ3v) is 4.06. The molecule has 0 aromatic heterocycles. The molecule has 0 radical (unpaired) electrons. The molecule has 5 heteroatoms. The van der Waals surface area contributed by atoms with E-state index in [1.807, 2.05) is 0 Å². The molecule has 1 saturated carbocycles. The van der Waals surface area contributed by atoms with Crippen molar-refractivity contribution >= 4 is 5.69 Å². The lowest BCUT2D eigenvalue weighted by Crippen LogP contribution is -2.39. The van der Waals surface area contributed by atoms with Gasteiger partial charge in [-0.2, -0.15) is 0 Å². The predicted molar refractivity (Wildman–Crippen MR) is 82.6 cm³/mol. The minimum atomic E-state index is -0.407. The fourth-order valence-corrected chi connectivity index (χ4v) is 2.97. The van der Waals surface area contributed by atoms with Crippen LogP contribution in [0, 0.1) is 15.5 Å². The lowest BCUT2D eigenvalue weighted by atomic mass is 9.75. The summed E-state index contributed by atoms with van der Waals surface area (Å²) in [4.78, 5) is 10.1. The van der Waals surface area contributed by atoms with Gasteiger partial charge in [-0.25, -0.2) is 0 Å². The first kappa shape index (κ1) is 15.8. The third kappa shape index (κ3) is 5.01. The number of nitrogens with one attached hydrogen (secondary N) is 1. The fraction of sp³-hybridized carbons (Fsp3) is 0.625. The van der Waals surface area contributed by atoms with Gasteiger partial charge in [-0.05, 0) is 36.8 Å². The molecule has 0 bridgehead atoms. The van der Waals surface area contributed by atoms with Crippen LogP contribution in [0.1, 0.15) is 39.5 Å². The maximum absolute atomic E-state index is 10.6. The second-order valence-corrected chi connectivity index (χ2v) is 6.51. The Labute approximate surface area is 125 Å². The molecule has 5 nitrogen and oxygen atoms in total. The Bertz CT molecular complexity index is 471. The first-order chi connectivity index (χ1) is 9.96. The summed E-state index contributed by atoms with van der Waals surface area (Å²) in [6, 6.07) is 6.79. The number of rotatable bonds is 6. The second kappa shape index (κ2) is 6.89. The van der Waals surface area contributed by atoms with E-state index in [-0.39, 0.29) is 5.69 Å². The Balaban J connectivity index is 1.68. The third-order valence-electron chi connectivity index (χ3n) is 4.06. The Morgan fingerprint density at radius 1 is 1.38 bits per heavy atom. The number of hydrogen-bond donors (Lipinski definition) is 1. The number of nitro benzene ring substituents is 1. The van der Waals surface area contributed by atoms with E-state index in [2.05, 4.69) is 19.2 Å². The van der Waals surface area contributed by atoms with Gasteiger partial charge < -0.3 is 10.1 Å². The molecule has 116 valence electrons. The largest absolute Gasteiger partial charge is 0.492 e. The Morgan fingerprint density at radius 2 is 2.10 bits per heavy atom. The summed E-state index contributed by atoms with van der Waals surface area (Å²) in [6.07, 6.45) is 5.05. The maximum Gasteiger partial charge on any atom is 0.269 e. The van der Waals surface area contributed by atoms with Gasteiger partial charge in [-0.3, -0.25) is 10.1 Å². The highest BCUT2D eigenvalue weighted by Gasteiger charge is 2.27. The molecule has 1 aromatic carbocycles. The summed E-state index contributed by atoms with van der Waals surface area (Å²) in [5.41, 5.74) is 0.528. The summed E-state index contributed by atoms with van der Waals surface area (Å²) < 4.78 is 5.60. The van der Waals surface area contributed by atoms with Crippen molar-refractivity contribution in [2.24, 2.45) is 5.41 Å². The van der Waals surface area contributed by atoms with Gasteiger partial charge in [0.1, 0.15) is 12.4 Å². The number of benzene rings is 1. The zero-order valence-electron chi connectivity index (χ0n) is 12.8. The molecule has 0 aliphatic heterocycles. The number of non-ortho nitro benzene ring substituents is 1. The molecule has 1 atom stereocenters. The number of nitrogens with zero attached hydrogens (tertiary/aromatic N) is 1. The van der Waals surface area contributed by atoms with Gasteiger partial charge in [0, 0.05) is 24.7 Å². The van der Waals surface area contributed by atoms with Gasteiger partial charge in [0.15, 0.2) is 0 Å². The van der Waals surface area contributed by atoms with E-state index in [1.54, 1.807) is 12.1 Å². The number of hydrogen-bond acceptors (Lipinski definition) is 4. The quantitative estimate of drug-likeness (QED) is 0.495. The van der Waals surface area contributed by atoms with Crippen LogP contribution in [0.3, 0.4) is 0 Å². The monoisotopic (exact) mass is 292 g/mol. The zero-order chi connectivity index (χ0) is 15.3. The van der Waals surface area contributed by atoms with Gasteiger partial charge >= 0.3 is 0 Å². The van der Waals surface area contributed by atoms with Crippen LogP contribution >= 0.6 is 0 Å². The van der Waals surface area contributed by atoms with Crippen molar-refractivity contribution < 1.29 is 9.66 Å². The molecule has 1 aliphatic rings. The van der Waals surface area contributed by atoms with Crippen molar-refractivity contribution in [1.29, 1.82) is 0 Å². The smallest absolute Gasteiger partial charge is 0.269 e. The SMILES string of the molecule is CC1(C)CCCC(NCCOc2ccc([N+](=O)[O-])cc2)C1. The Hall–Kier alpha value is -1.62. The van der Waals surface area contributed by atoms with Gasteiger partial charge in [-0.1, -0.05) is 20.3 Å². The van der Waals surface area contributed by atoms with Crippen LogP contribution < -0.4 is 10.1 Å². The van der Waals surface area contributed by atoms with Gasteiger partial charge in [0.2, 0.25) is 0 Å². The van der Waals surface area contributed by atoms with Crippen LogP contribution in [0.4, 0.5) is 5.69 Å². The minimum Gasteiger partial charge on any atom is -0.492 e. The molecule has 1 fully saturated rings. The minimum absolute atomic E-state index is 0.0879. The van der Waals surface area contributed by atoms with E-state index < -0.39 is 4.92 Å². The normalized spacial score (nSPS) is 21.0. The Morgan fingerprint density at radius 3 is 2.71 bits per heavy atom. The van der Waals surface area contributed by atoms with E-state index in [9.17, 15) is 10.1 Å². The molecule has 2 rings (SSSR count). The summed E-state index contributed by atoms with van der Waals surface area (Å²) in [5, 5.41) is 14.1. The first-order valence-electron chi connectivity index (χ1n) is 7.57. The van der Waals surface area contributed by atoms with Gasteiger partial charge in [0.25, 0.3) is 5.69 Å². The molecular weight excluding hydrogens is 268 g/mol. The molecule has 0 amide bonds. The van der Waals surface area contributed by atoms with Crippen molar-refractivity contribution in [3.63, 3.8) is 0 Å². The highest BCUT2D eigenvalue weighted by molar-refractivity contribution is 5.35. The first-order valence-corrected chi connectivity index (χ1v) is 7.57. The molecule has 1 unspecified atom stereocenters. The summed E-state index contributed by atoms with van der Waals surface area (Å²) in [6.45, 7) is 6.04. The molecule has 0 saturated heterocycles. The van der Waals surface area contributed by atoms with E-state index >= 15 is 0 Å². The van der Waals surface area contributed by atoms with Crippen LogP contribution in [-0.2, 0) is 0 Å². The van der Waals surface area contributed by atoms with Crippen LogP contribution in [0.5, 0.6) is 5.75 Å². The molecular formula is C16H24N2O3. The van der Waals surface area contributed by atoms with E-state index in [0.717, 1.165) is 6.54 Å². The van der Waals surface area contributed by atoms with Crippen molar-refractivity contribution in [2.45, 2.75) is 45.6 Å². The van der Waals surface area contributed by atoms with Crippen LogP contribution in [-0.4, -0.2) is 24.1 Å². The van der Waals surface area contributed by atoms with E-state index in [1.165, 1.54) is 37.8 Å². The van der Waals surface area contributed by atoms with Crippen molar-refractivity contribution in [1.82, 2.24) is 5.32 Å². The molecule has 1 aliphatic carbocycles. The van der Waals surface area contributed by atoms with Crippen molar-refractivity contribution in [2.75, 3.05) is 13.2 Å². The van der Waals surface area contributed by atoms with Crippen LogP contribution in [0.25, 0.3) is 0 Å². The van der Waals surface area contributed by atoms with E-state index in [4.69, 9.17) is 4.74 Å². The molecule has 0 spiro atoms. The lowest BCUT2D eigenvalue weighted by Gasteiger charge is -2.35. The summed E-state index contributed by atoms with van der Waals surface area (Å²) >= 11 is 0. The topological polar surface area (TPSA) is 64.4 Å². The lowest BCUT2D eigenvalue weighted by molar-refractivity contribution is -0.384. The predicted octanol–water partition coefficient (Wildman–Crippen LogP) is 3.53. The van der Waals surface area contributed by atoms with Crippen molar-refractivity contribution in [3.05, 3.63) is 34.4 Å². The van der Waals surface area contributed by atoms with Crippen LogP contribution in [0.15, 0.2) is 24.3 Å². The highest BCUT2D eigenvalue weighted by atomic mass is 16.6. The van der Waals surface area contributed by atoms with Gasteiger partial charge in [0.05, 0.1) is 4.92 Å². The molecule has 0 heterocycles. The Kier molecular flexibility index (Phi) is 5.17. The molecule has 1 aromatic rings. The number of nitro groups is 1. The summed E-state index contributed by atoms with van der Waals surface area (Å²) in [7, 11) is 0. The van der Waals surface area contributed by atoms with Crippen molar-refractivity contribution in [3.8, 4) is 5.75 Å². The highest BCUT2D eigenvalue weighted by Crippen LogP contribution is 2.34. The maximum atomic E-state index is 10.6. The van der Waals surface area contributed by atoms with Crippen LogP contribution in [0.2, 0.25) is 0 Å². The molecule has 1 N–H and O–H groups in total. The van der Waals surface area contributed by atoms with Gasteiger partial charge in [-0.15, -0.1) is 0 Å². The summed E-state index contributed by atoms with van der Waals surface area (Å²) in [5.74, 6) is 0.673. The second-order valence-electron chi connectivity index (χ2n) is 6.51. The fourth-order valence-electron chi connectivity index (χ4n) is 2.97. The number of ether oxygens (including phenoxy) is 1. The van der Waals surface area contributed by atoms with E-state index in [0.29, 0.717) is 23.8 Å². The zero-order valence-corrected chi connectivity index (χ0v) is 12.8.